The van der Waals surface area contributed by atoms with Crippen LogP contribution in [0.15, 0.2) is 6.07 Å². The summed E-state index contributed by atoms with van der Waals surface area (Å²) in [6.07, 6.45) is 0.152. The van der Waals surface area contributed by atoms with Crippen LogP contribution in [0.1, 0.15) is 30.7 Å². The van der Waals surface area contributed by atoms with Crippen molar-refractivity contribution in [2.75, 3.05) is 0 Å². The second kappa shape index (κ2) is 3.60. The van der Waals surface area contributed by atoms with Crippen LogP contribution in [0.4, 0.5) is 0 Å². The molecule has 13 heavy (non-hydrogen) atoms. The van der Waals surface area contributed by atoms with Crippen LogP contribution < -0.4 is 0 Å². The predicted molar refractivity (Wildman–Crippen MR) is 48.6 cm³/mol. The van der Waals surface area contributed by atoms with E-state index in [0.29, 0.717) is 0 Å². The molecule has 0 saturated carbocycles. The lowest BCUT2D eigenvalue weighted by molar-refractivity contribution is -0.137. The highest BCUT2D eigenvalue weighted by Gasteiger charge is 2.13. The van der Waals surface area contributed by atoms with Gasteiger partial charge in [-0.1, -0.05) is 6.92 Å². The van der Waals surface area contributed by atoms with Crippen molar-refractivity contribution < 1.29 is 9.90 Å². The first kappa shape index (κ1) is 9.77. The molecule has 0 aliphatic rings. The monoisotopic (exact) mass is 182 g/mol. The fourth-order valence-corrected chi connectivity index (χ4v) is 1.46. The molecule has 1 heterocycles. The minimum atomic E-state index is -0.772. The molecule has 0 radical (unpaired) electrons. The maximum absolute atomic E-state index is 10.5. The third-order valence-corrected chi connectivity index (χ3v) is 2.02. The van der Waals surface area contributed by atoms with Gasteiger partial charge in [-0.25, -0.2) is 0 Å². The maximum Gasteiger partial charge on any atom is 0.304 e. The molecule has 0 aliphatic heterocycles. The highest BCUT2D eigenvalue weighted by Crippen LogP contribution is 2.18. The molecule has 1 rings (SSSR count). The number of hydrogen-bond donors (Lipinski definition) is 1. The summed E-state index contributed by atoms with van der Waals surface area (Å²) in [5.41, 5.74) is 1.90. The van der Waals surface area contributed by atoms with Gasteiger partial charge in [0.05, 0.1) is 12.1 Å². The van der Waals surface area contributed by atoms with Gasteiger partial charge in [0, 0.05) is 18.7 Å². The first-order valence-electron chi connectivity index (χ1n) is 4.23. The zero-order valence-electron chi connectivity index (χ0n) is 8.11. The third-order valence-electron chi connectivity index (χ3n) is 2.02. The Balaban J connectivity index is 2.81. The summed E-state index contributed by atoms with van der Waals surface area (Å²) in [6, 6.07) is 1.92. The lowest BCUT2D eigenvalue weighted by Crippen LogP contribution is -2.07. The van der Waals surface area contributed by atoms with Crippen molar-refractivity contribution in [2.45, 2.75) is 26.2 Å². The summed E-state index contributed by atoms with van der Waals surface area (Å²) in [5, 5.41) is 12.8. The van der Waals surface area contributed by atoms with Crippen molar-refractivity contribution >= 4 is 5.97 Å². The van der Waals surface area contributed by atoms with Crippen molar-refractivity contribution in [3.63, 3.8) is 0 Å². The van der Waals surface area contributed by atoms with Gasteiger partial charge < -0.3 is 5.11 Å². The van der Waals surface area contributed by atoms with E-state index in [1.807, 2.05) is 27.0 Å². The highest BCUT2D eigenvalue weighted by molar-refractivity contribution is 5.67. The summed E-state index contributed by atoms with van der Waals surface area (Å²) in [4.78, 5) is 10.5. The smallest absolute Gasteiger partial charge is 0.304 e. The second-order valence-corrected chi connectivity index (χ2v) is 3.33. The van der Waals surface area contributed by atoms with Crippen LogP contribution in [-0.2, 0) is 11.8 Å². The summed E-state index contributed by atoms with van der Waals surface area (Å²) in [5.74, 6) is -0.755. The number of nitrogens with zero attached hydrogens (tertiary/aromatic N) is 2. The van der Waals surface area contributed by atoms with E-state index in [2.05, 4.69) is 5.10 Å². The van der Waals surface area contributed by atoms with E-state index < -0.39 is 5.97 Å². The Labute approximate surface area is 77.2 Å². The normalized spacial score (nSPS) is 12.8. The van der Waals surface area contributed by atoms with Crippen molar-refractivity contribution in [2.24, 2.45) is 7.05 Å². The maximum atomic E-state index is 10.5. The topological polar surface area (TPSA) is 55.1 Å². The standard InChI is InChI=1S/C9H14N2O2/c1-6(4-9(12)13)8-5-7(2)10-11(8)3/h5-6H,4H2,1-3H3,(H,12,13). The highest BCUT2D eigenvalue weighted by atomic mass is 16.4. The van der Waals surface area contributed by atoms with E-state index in [4.69, 9.17) is 5.11 Å². The van der Waals surface area contributed by atoms with E-state index in [1.165, 1.54) is 0 Å². The van der Waals surface area contributed by atoms with Gasteiger partial charge in [0.15, 0.2) is 0 Å². The average Bonchev–Trinajstić information content (AvgIpc) is 2.28. The number of aryl methyl sites for hydroxylation is 2. The zero-order valence-corrected chi connectivity index (χ0v) is 8.11. The Bertz CT molecular complexity index is 317. The Morgan fingerprint density at radius 3 is 2.77 bits per heavy atom. The zero-order chi connectivity index (χ0) is 10.0. The summed E-state index contributed by atoms with van der Waals surface area (Å²) in [6.45, 7) is 3.79. The molecule has 0 aromatic carbocycles. The summed E-state index contributed by atoms with van der Waals surface area (Å²) >= 11 is 0. The molecule has 1 aromatic rings. The average molecular weight is 182 g/mol. The van der Waals surface area contributed by atoms with Crippen molar-refractivity contribution in [3.8, 4) is 0 Å². The fraction of sp³-hybridized carbons (Fsp3) is 0.556. The van der Waals surface area contributed by atoms with Crippen LogP contribution in [0.25, 0.3) is 0 Å². The number of carboxylic acid groups (broad SMARTS) is 1. The molecule has 1 N–H and O–H groups in total. The fourth-order valence-electron chi connectivity index (χ4n) is 1.46. The van der Waals surface area contributed by atoms with Crippen LogP contribution in [-0.4, -0.2) is 20.9 Å². The number of aromatic nitrogens is 2. The van der Waals surface area contributed by atoms with Gasteiger partial charge in [-0.05, 0) is 13.0 Å². The number of carbonyl (C=O) groups is 1. The van der Waals surface area contributed by atoms with Crippen LogP contribution in [0.3, 0.4) is 0 Å². The van der Waals surface area contributed by atoms with Crippen molar-refractivity contribution in [3.05, 3.63) is 17.5 Å². The molecule has 0 fully saturated rings. The van der Waals surface area contributed by atoms with Gasteiger partial charge in [0.25, 0.3) is 0 Å². The SMILES string of the molecule is Cc1cc(C(C)CC(=O)O)n(C)n1. The van der Waals surface area contributed by atoms with E-state index >= 15 is 0 Å². The lowest BCUT2D eigenvalue weighted by Gasteiger charge is -2.07. The number of rotatable bonds is 3. The molecule has 0 saturated heterocycles. The molecule has 1 atom stereocenters. The molecule has 4 nitrogen and oxygen atoms in total. The Hall–Kier alpha value is -1.32. The van der Waals surface area contributed by atoms with Gasteiger partial charge >= 0.3 is 5.97 Å². The number of carboxylic acids is 1. The second-order valence-electron chi connectivity index (χ2n) is 3.33. The number of aliphatic carboxylic acids is 1. The van der Waals surface area contributed by atoms with E-state index in [9.17, 15) is 4.79 Å². The van der Waals surface area contributed by atoms with Gasteiger partial charge in [-0.2, -0.15) is 5.10 Å². The predicted octanol–water partition coefficient (Wildman–Crippen LogP) is 1.31. The lowest BCUT2D eigenvalue weighted by atomic mass is 10.0. The largest absolute Gasteiger partial charge is 0.481 e. The third kappa shape index (κ3) is 2.31. The Kier molecular flexibility index (Phi) is 2.70. The van der Waals surface area contributed by atoms with Gasteiger partial charge in [0.1, 0.15) is 0 Å². The minimum absolute atomic E-state index is 0.0173. The molecule has 72 valence electrons. The van der Waals surface area contributed by atoms with Crippen LogP contribution in [0.5, 0.6) is 0 Å². The Morgan fingerprint density at radius 2 is 2.38 bits per heavy atom. The molecular weight excluding hydrogens is 168 g/mol. The summed E-state index contributed by atoms with van der Waals surface area (Å²) in [7, 11) is 1.83. The van der Waals surface area contributed by atoms with E-state index in [0.717, 1.165) is 11.4 Å². The molecule has 4 heteroatoms. The van der Waals surface area contributed by atoms with E-state index in [-0.39, 0.29) is 12.3 Å². The van der Waals surface area contributed by atoms with E-state index in [1.54, 1.807) is 4.68 Å². The van der Waals surface area contributed by atoms with Crippen LogP contribution in [0.2, 0.25) is 0 Å². The van der Waals surface area contributed by atoms with Gasteiger partial charge in [-0.3, -0.25) is 9.48 Å². The van der Waals surface area contributed by atoms with Crippen molar-refractivity contribution in [1.82, 2.24) is 9.78 Å². The molecule has 1 aromatic heterocycles. The van der Waals surface area contributed by atoms with Gasteiger partial charge in [-0.15, -0.1) is 0 Å². The molecule has 0 aliphatic carbocycles. The van der Waals surface area contributed by atoms with Crippen LogP contribution in [0, 0.1) is 6.92 Å². The minimum Gasteiger partial charge on any atom is -0.481 e. The molecule has 0 bridgehead atoms. The van der Waals surface area contributed by atoms with Gasteiger partial charge in [0.2, 0.25) is 0 Å². The first-order valence-corrected chi connectivity index (χ1v) is 4.23. The summed E-state index contributed by atoms with van der Waals surface area (Å²) < 4.78 is 1.74. The molecule has 1 unspecified atom stereocenters. The first-order chi connectivity index (χ1) is 6.00. The molecule has 0 spiro atoms. The molecular formula is C9H14N2O2. The Morgan fingerprint density at radius 1 is 1.77 bits per heavy atom. The number of hydrogen-bond acceptors (Lipinski definition) is 2. The quantitative estimate of drug-likeness (QED) is 0.766. The van der Waals surface area contributed by atoms with Crippen LogP contribution >= 0.6 is 0 Å². The van der Waals surface area contributed by atoms with Crippen molar-refractivity contribution in [1.29, 1.82) is 0 Å². The molecule has 0 amide bonds.